The molecule has 1 aliphatic rings. The first-order valence-corrected chi connectivity index (χ1v) is 6.83. The summed E-state index contributed by atoms with van der Waals surface area (Å²) in [6.45, 7) is 2.85. The first-order valence-electron chi connectivity index (χ1n) is 6.04. The summed E-state index contributed by atoms with van der Waals surface area (Å²) in [5.74, 6) is -0.822. The van der Waals surface area contributed by atoms with Crippen LogP contribution in [-0.2, 0) is 0 Å². The van der Waals surface area contributed by atoms with E-state index >= 15 is 0 Å². The second-order valence-electron chi connectivity index (χ2n) is 4.54. The summed E-state index contributed by atoms with van der Waals surface area (Å²) in [6, 6.07) is 3.12. The summed E-state index contributed by atoms with van der Waals surface area (Å²) < 4.78 is 19.7. The van der Waals surface area contributed by atoms with Crippen molar-refractivity contribution in [2.75, 3.05) is 40.3 Å². The number of halogens is 2. The van der Waals surface area contributed by atoms with Crippen molar-refractivity contribution in [1.82, 2.24) is 9.80 Å². The highest BCUT2D eigenvalue weighted by Crippen LogP contribution is 2.30. The summed E-state index contributed by atoms with van der Waals surface area (Å²) in [5.41, 5.74) is 0.0598. The fourth-order valence-corrected chi connectivity index (χ4v) is 2.53. The molecule has 6 heteroatoms. The Morgan fingerprint density at radius 3 is 2.53 bits per heavy atom. The van der Waals surface area contributed by atoms with Gasteiger partial charge in [-0.05, 0) is 35.1 Å². The molecule has 19 heavy (non-hydrogen) atoms. The molecule has 0 atom stereocenters. The Bertz CT molecular complexity index is 488. The third kappa shape index (κ3) is 2.90. The average Bonchev–Trinajstić information content (AvgIpc) is 2.39. The number of carbonyl (C=O) groups is 1. The van der Waals surface area contributed by atoms with E-state index in [9.17, 15) is 9.18 Å². The van der Waals surface area contributed by atoms with Crippen molar-refractivity contribution < 1.29 is 13.9 Å². The molecule has 0 unspecified atom stereocenters. The van der Waals surface area contributed by atoms with Crippen LogP contribution in [0.5, 0.6) is 5.75 Å². The van der Waals surface area contributed by atoms with E-state index in [0.29, 0.717) is 17.6 Å². The highest BCUT2D eigenvalue weighted by molar-refractivity contribution is 9.10. The van der Waals surface area contributed by atoms with Crippen LogP contribution < -0.4 is 4.74 Å². The van der Waals surface area contributed by atoms with Crippen LogP contribution >= 0.6 is 15.9 Å². The van der Waals surface area contributed by atoms with Crippen LogP contribution in [-0.4, -0.2) is 56.0 Å². The molecule has 1 aliphatic heterocycles. The zero-order valence-electron chi connectivity index (χ0n) is 10.9. The van der Waals surface area contributed by atoms with Gasteiger partial charge < -0.3 is 14.5 Å². The molecule has 1 aromatic carbocycles. The van der Waals surface area contributed by atoms with E-state index in [-0.39, 0.29) is 17.2 Å². The van der Waals surface area contributed by atoms with Crippen molar-refractivity contribution in [1.29, 1.82) is 0 Å². The molecule has 1 amide bonds. The van der Waals surface area contributed by atoms with Crippen LogP contribution in [0.15, 0.2) is 16.6 Å². The van der Waals surface area contributed by atoms with Gasteiger partial charge in [0.2, 0.25) is 0 Å². The molecule has 1 aromatic rings. The number of piperazine rings is 1. The fourth-order valence-electron chi connectivity index (χ4n) is 2.06. The van der Waals surface area contributed by atoms with Crippen LogP contribution in [0.2, 0.25) is 0 Å². The Kier molecular flexibility index (Phi) is 4.42. The Labute approximate surface area is 120 Å². The average molecular weight is 331 g/mol. The van der Waals surface area contributed by atoms with Gasteiger partial charge in [-0.2, -0.15) is 0 Å². The molecule has 0 radical (unpaired) electrons. The molecular weight excluding hydrogens is 315 g/mol. The highest BCUT2D eigenvalue weighted by Gasteiger charge is 2.25. The SMILES string of the molecule is COc1c(Br)ccc(C(=O)N2CCN(C)CC2)c1F. The lowest BCUT2D eigenvalue weighted by Gasteiger charge is -2.32. The number of hydrogen-bond donors (Lipinski definition) is 0. The molecule has 0 N–H and O–H groups in total. The van der Waals surface area contributed by atoms with E-state index < -0.39 is 5.82 Å². The smallest absolute Gasteiger partial charge is 0.257 e. The summed E-state index contributed by atoms with van der Waals surface area (Å²) in [6.07, 6.45) is 0. The molecule has 0 aliphatic carbocycles. The maximum Gasteiger partial charge on any atom is 0.257 e. The zero-order valence-corrected chi connectivity index (χ0v) is 12.5. The second kappa shape index (κ2) is 5.88. The first-order chi connectivity index (χ1) is 9.04. The normalized spacial score (nSPS) is 16.5. The minimum absolute atomic E-state index is 0.0598. The number of rotatable bonds is 2. The number of likely N-dealkylation sites (N-methyl/N-ethyl adjacent to an activating group) is 1. The van der Waals surface area contributed by atoms with Crippen molar-refractivity contribution in [2.45, 2.75) is 0 Å². The van der Waals surface area contributed by atoms with Crippen molar-refractivity contribution >= 4 is 21.8 Å². The molecule has 0 spiro atoms. The van der Waals surface area contributed by atoms with Gasteiger partial charge in [-0.1, -0.05) is 0 Å². The van der Waals surface area contributed by atoms with Crippen molar-refractivity contribution in [2.24, 2.45) is 0 Å². The predicted molar refractivity (Wildman–Crippen MR) is 74.1 cm³/mol. The lowest BCUT2D eigenvalue weighted by molar-refractivity contribution is 0.0658. The van der Waals surface area contributed by atoms with Crippen LogP contribution in [0.3, 0.4) is 0 Å². The molecule has 0 bridgehead atoms. The predicted octanol–water partition coefficient (Wildman–Crippen LogP) is 1.98. The van der Waals surface area contributed by atoms with Crippen molar-refractivity contribution in [3.8, 4) is 5.75 Å². The van der Waals surface area contributed by atoms with Gasteiger partial charge in [0.15, 0.2) is 11.6 Å². The molecular formula is C13H16BrFN2O2. The number of carbonyl (C=O) groups excluding carboxylic acids is 1. The molecule has 0 saturated carbocycles. The number of amides is 1. The Hall–Kier alpha value is -1.14. The minimum atomic E-state index is -0.610. The third-order valence-corrected chi connectivity index (χ3v) is 3.90. The van der Waals surface area contributed by atoms with E-state index in [1.165, 1.54) is 13.2 Å². The van der Waals surface area contributed by atoms with Crippen LogP contribution in [0.4, 0.5) is 4.39 Å². The quantitative estimate of drug-likeness (QED) is 0.831. The fraction of sp³-hybridized carbons (Fsp3) is 0.462. The van der Waals surface area contributed by atoms with Gasteiger partial charge in [-0.3, -0.25) is 4.79 Å². The van der Waals surface area contributed by atoms with Crippen LogP contribution in [0, 0.1) is 5.82 Å². The topological polar surface area (TPSA) is 32.8 Å². The van der Waals surface area contributed by atoms with Gasteiger partial charge in [-0.15, -0.1) is 0 Å². The van der Waals surface area contributed by atoms with Crippen molar-refractivity contribution in [3.05, 3.63) is 28.0 Å². The first kappa shape index (κ1) is 14.3. The van der Waals surface area contributed by atoms with E-state index in [1.807, 2.05) is 7.05 Å². The van der Waals surface area contributed by atoms with Gasteiger partial charge in [0.25, 0.3) is 5.91 Å². The summed E-state index contributed by atoms with van der Waals surface area (Å²) >= 11 is 3.20. The molecule has 2 rings (SSSR count). The van der Waals surface area contributed by atoms with E-state index in [0.717, 1.165) is 13.1 Å². The standard InChI is InChI=1S/C13H16BrFN2O2/c1-16-5-7-17(8-6-16)13(18)9-3-4-10(14)12(19-2)11(9)15/h3-4H,5-8H2,1-2H3. The van der Waals surface area contributed by atoms with Crippen LogP contribution in [0.1, 0.15) is 10.4 Å². The lowest BCUT2D eigenvalue weighted by Crippen LogP contribution is -2.47. The van der Waals surface area contributed by atoms with Crippen LogP contribution in [0.25, 0.3) is 0 Å². The maximum atomic E-state index is 14.2. The van der Waals surface area contributed by atoms with Gasteiger partial charge >= 0.3 is 0 Å². The minimum Gasteiger partial charge on any atom is -0.492 e. The Morgan fingerprint density at radius 1 is 1.32 bits per heavy atom. The number of ether oxygens (including phenoxy) is 1. The number of benzene rings is 1. The second-order valence-corrected chi connectivity index (χ2v) is 5.39. The number of hydrogen-bond acceptors (Lipinski definition) is 3. The van der Waals surface area contributed by atoms with Gasteiger partial charge in [-0.25, -0.2) is 4.39 Å². The third-order valence-electron chi connectivity index (χ3n) is 3.27. The monoisotopic (exact) mass is 330 g/mol. The molecule has 1 heterocycles. The highest BCUT2D eigenvalue weighted by atomic mass is 79.9. The Morgan fingerprint density at radius 2 is 1.95 bits per heavy atom. The maximum absolute atomic E-state index is 14.2. The molecule has 4 nitrogen and oxygen atoms in total. The molecule has 0 aromatic heterocycles. The zero-order chi connectivity index (χ0) is 14.0. The Balaban J connectivity index is 2.24. The largest absolute Gasteiger partial charge is 0.492 e. The molecule has 104 valence electrons. The number of methoxy groups -OCH3 is 1. The summed E-state index contributed by atoms with van der Waals surface area (Å²) in [5, 5.41) is 0. The van der Waals surface area contributed by atoms with Gasteiger partial charge in [0, 0.05) is 26.2 Å². The molecule has 1 saturated heterocycles. The van der Waals surface area contributed by atoms with Gasteiger partial charge in [0.05, 0.1) is 17.1 Å². The van der Waals surface area contributed by atoms with E-state index in [2.05, 4.69) is 20.8 Å². The van der Waals surface area contributed by atoms with E-state index in [1.54, 1.807) is 11.0 Å². The van der Waals surface area contributed by atoms with E-state index in [4.69, 9.17) is 4.74 Å². The summed E-state index contributed by atoms with van der Waals surface area (Å²) in [7, 11) is 3.39. The number of nitrogens with zero attached hydrogens (tertiary/aromatic N) is 2. The van der Waals surface area contributed by atoms with Crippen molar-refractivity contribution in [3.63, 3.8) is 0 Å². The van der Waals surface area contributed by atoms with Gasteiger partial charge in [0.1, 0.15) is 0 Å². The summed E-state index contributed by atoms with van der Waals surface area (Å²) in [4.78, 5) is 16.1. The lowest BCUT2D eigenvalue weighted by atomic mass is 10.1. The molecule has 1 fully saturated rings.